The lowest BCUT2D eigenvalue weighted by atomic mass is 10.1. The monoisotopic (exact) mass is 540 g/mol. The molecule has 38 heavy (non-hydrogen) atoms. The van der Waals surface area contributed by atoms with E-state index in [1.165, 1.54) is 6.20 Å². The predicted octanol–water partition coefficient (Wildman–Crippen LogP) is 2.57. The van der Waals surface area contributed by atoms with Crippen LogP contribution in [-0.2, 0) is 14.8 Å². The maximum atomic E-state index is 13.3. The summed E-state index contributed by atoms with van der Waals surface area (Å²) >= 11 is 0. The van der Waals surface area contributed by atoms with E-state index in [9.17, 15) is 13.7 Å². The zero-order valence-corrected chi connectivity index (χ0v) is 22.8. The Bertz CT molecular complexity index is 1240. The number of sulfonamides is 1. The van der Waals surface area contributed by atoms with E-state index in [0.717, 1.165) is 25.2 Å². The van der Waals surface area contributed by atoms with Gasteiger partial charge in [-0.15, -0.1) is 0 Å². The van der Waals surface area contributed by atoms with Crippen LogP contribution in [0.3, 0.4) is 0 Å². The third-order valence-corrected chi connectivity index (χ3v) is 9.28. The summed E-state index contributed by atoms with van der Waals surface area (Å²) in [6.07, 6.45) is 3.55. The zero-order valence-electron chi connectivity index (χ0n) is 22.0. The van der Waals surface area contributed by atoms with Crippen LogP contribution in [0.4, 0.5) is 11.5 Å². The summed E-state index contributed by atoms with van der Waals surface area (Å²) in [4.78, 5) is 6.99. The van der Waals surface area contributed by atoms with Crippen LogP contribution in [0, 0.1) is 11.3 Å². The van der Waals surface area contributed by atoms with E-state index in [1.54, 1.807) is 22.5 Å². The van der Waals surface area contributed by atoms with E-state index in [1.807, 2.05) is 12.1 Å². The number of pyridine rings is 1. The number of nitriles is 1. The molecule has 3 fully saturated rings. The standard InChI is InChI=1S/C27H36N6O4S/c1-19-16-32(17-20(2)30-19)23-3-5-25(6-4-23)38(34,35)33-10-7-22(8-11-33)31-27-13-26(21(14-28)15-29-27)37-24-9-12-36-18-24/h3-6,13,15,19-20,22,24,30H,7-12,16-18H2,1-2H3,(H,29,31)/t19-,20+,24-/m0/s1. The number of nitrogens with zero attached hydrogens (tertiary/aromatic N) is 4. The van der Waals surface area contributed by atoms with Crippen LogP contribution in [-0.4, -0.2) is 81.3 Å². The maximum Gasteiger partial charge on any atom is 0.243 e. The second kappa shape index (κ2) is 11.5. The van der Waals surface area contributed by atoms with E-state index in [0.29, 0.717) is 73.3 Å². The molecule has 204 valence electrons. The van der Waals surface area contributed by atoms with Crippen LogP contribution in [0.5, 0.6) is 5.75 Å². The molecule has 0 radical (unpaired) electrons. The molecule has 5 rings (SSSR count). The lowest BCUT2D eigenvalue weighted by Crippen LogP contribution is -2.54. The van der Waals surface area contributed by atoms with Gasteiger partial charge in [0, 0.05) is 62.5 Å². The minimum absolute atomic E-state index is 0.0659. The summed E-state index contributed by atoms with van der Waals surface area (Å²) in [6, 6.07) is 12.0. The quantitative estimate of drug-likeness (QED) is 0.546. The molecule has 1 aromatic carbocycles. The third-order valence-electron chi connectivity index (χ3n) is 7.37. The Morgan fingerprint density at radius 3 is 2.47 bits per heavy atom. The Balaban J connectivity index is 1.18. The van der Waals surface area contributed by atoms with Gasteiger partial charge in [-0.1, -0.05) is 0 Å². The normalized spacial score (nSPS) is 25.2. The molecule has 10 nitrogen and oxygen atoms in total. The van der Waals surface area contributed by atoms with Gasteiger partial charge < -0.3 is 25.0 Å². The third kappa shape index (κ3) is 6.04. The van der Waals surface area contributed by atoms with Crippen molar-refractivity contribution in [1.29, 1.82) is 5.26 Å². The van der Waals surface area contributed by atoms with Gasteiger partial charge in [0.05, 0.1) is 24.3 Å². The highest BCUT2D eigenvalue weighted by Gasteiger charge is 2.30. The summed E-state index contributed by atoms with van der Waals surface area (Å²) in [5.41, 5.74) is 1.43. The summed E-state index contributed by atoms with van der Waals surface area (Å²) < 4.78 is 39.6. The Morgan fingerprint density at radius 1 is 1.13 bits per heavy atom. The number of piperidine rings is 1. The molecule has 1 aromatic heterocycles. The first kappa shape index (κ1) is 26.7. The topological polar surface area (TPSA) is 120 Å². The average Bonchev–Trinajstić information content (AvgIpc) is 3.42. The summed E-state index contributed by atoms with van der Waals surface area (Å²) in [5, 5.41) is 16.3. The van der Waals surface area contributed by atoms with Crippen LogP contribution in [0.25, 0.3) is 0 Å². The number of nitrogens with one attached hydrogen (secondary N) is 2. The van der Waals surface area contributed by atoms with Gasteiger partial charge in [-0.2, -0.15) is 9.57 Å². The van der Waals surface area contributed by atoms with Crippen molar-refractivity contribution >= 4 is 21.5 Å². The van der Waals surface area contributed by atoms with Gasteiger partial charge >= 0.3 is 0 Å². The molecule has 3 atom stereocenters. The van der Waals surface area contributed by atoms with Gasteiger partial charge in [0.25, 0.3) is 0 Å². The lowest BCUT2D eigenvalue weighted by Gasteiger charge is -2.37. The molecule has 0 aliphatic carbocycles. The van der Waals surface area contributed by atoms with Crippen LogP contribution >= 0.6 is 0 Å². The van der Waals surface area contributed by atoms with Crippen molar-refractivity contribution in [1.82, 2.24) is 14.6 Å². The number of aromatic nitrogens is 1. The van der Waals surface area contributed by atoms with Gasteiger partial charge in [-0.25, -0.2) is 13.4 Å². The number of rotatable bonds is 7. The molecular weight excluding hydrogens is 504 g/mol. The van der Waals surface area contributed by atoms with Crippen molar-refractivity contribution in [2.45, 2.75) is 62.2 Å². The highest BCUT2D eigenvalue weighted by Crippen LogP contribution is 2.28. The Morgan fingerprint density at radius 2 is 1.84 bits per heavy atom. The number of ether oxygens (including phenoxy) is 2. The van der Waals surface area contributed by atoms with Gasteiger partial charge in [0.1, 0.15) is 29.3 Å². The zero-order chi connectivity index (χ0) is 26.7. The van der Waals surface area contributed by atoms with Crippen molar-refractivity contribution < 1.29 is 17.9 Å². The van der Waals surface area contributed by atoms with Gasteiger partial charge in [0.2, 0.25) is 10.0 Å². The molecule has 0 spiro atoms. The number of benzene rings is 1. The molecule has 11 heteroatoms. The predicted molar refractivity (Wildman–Crippen MR) is 145 cm³/mol. The van der Waals surface area contributed by atoms with Crippen LogP contribution < -0.4 is 20.3 Å². The van der Waals surface area contributed by atoms with Crippen LogP contribution in [0.15, 0.2) is 41.4 Å². The van der Waals surface area contributed by atoms with Crippen LogP contribution in [0.1, 0.15) is 38.7 Å². The minimum Gasteiger partial charge on any atom is -0.486 e. The van der Waals surface area contributed by atoms with Crippen LogP contribution in [0.2, 0.25) is 0 Å². The van der Waals surface area contributed by atoms with Crippen molar-refractivity contribution in [3.8, 4) is 11.8 Å². The Hall–Kier alpha value is -2.91. The first-order valence-corrected chi connectivity index (χ1v) is 14.8. The van der Waals surface area contributed by atoms with E-state index in [2.05, 4.69) is 40.4 Å². The molecule has 0 amide bonds. The first-order chi connectivity index (χ1) is 18.3. The SMILES string of the molecule is C[C@@H]1CN(c2ccc(S(=O)(=O)N3CCC(Nc4cc(O[C@H]5CCOC5)c(C#N)cn4)CC3)cc2)C[C@H](C)N1. The van der Waals surface area contributed by atoms with E-state index in [-0.39, 0.29) is 12.1 Å². The fourth-order valence-electron chi connectivity index (χ4n) is 5.45. The highest BCUT2D eigenvalue weighted by atomic mass is 32.2. The van der Waals surface area contributed by atoms with E-state index in [4.69, 9.17) is 9.47 Å². The Kier molecular flexibility index (Phi) is 8.04. The molecule has 2 aromatic rings. The van der Waals surface area contributed by atoms with E-state index >= 15 is 0 Å². The average molecular weight is 541 g/mol. The number of hydrogen-bond donors (Lipinski definition) is 2. The smallest absolute Gasteiger partial charge is 0.243 e. The largest absolute Gasteiger partial charge is 0.486 e. The van der Waals surface area contributed by atoms with Gasteiger partial charge in [-0.05, 0) is 51.0 Å². The fraction of sp³-hybridized carbons (Fsp3) is 0.556. The fourth-order valence-corrected chi connectivity index (χ4v) is 6.92. The lowest BCUT2D eigenvalue weighted by molar-refractivity contribution is 0.141. The summed E-state index contributed by atoms with van der Waals surface area (Å²) in [7, 11) is -3.57. The molecule has 4 heterocycles. The molecule has 0 bridgehead atoms. The van der Waals surface area contributed by atoms with Crippen molar-refractivity contribution in [3.63, 3.8) is 0 Å². The van der Waals surface area contributed by atoms with Crippen molar-refractivity contribution in [2.24, 2.45) is 0 Å². The second-order valence-electron chi connectivity index (χ2n) is 10.5. The molecule has 0 unspecified atom stereocenters. The Labute approximate surface area is 225 Å². The molecule has 0 saturated carbocycles. The van der Waals surface area contributed by atoms with Gasteiger partial charge in [0.15, 0.2) is 0 Å². The molecule has 3 saturated heterocycles. The maximum absolute atomic E-state index is 13.3. The summed E-state index contributed by atoms with van der Waals surface area (Å²) in [6.45, 7) is 8.14. The highest BCUT2D eigenvalue weighted by molar-refractivity contribution is 7.89. The first-order valence-electron chi connectivity index (χ1n) is 13.3. The van der Waals surface area contributed by atoms with Crippen molar-refractivity contribution in [2.75, 3.05) is 49.6 Å². The molecule has 3 aliphatic heterocycles. The number of hydrogen-bond acceptors (Lipinski definition) is 9. The summed E-state index contributed by atoms with van der Waals surface area (Å²) in [5.74, 6) is 1.11. The number of piperazine rings is 1. The molecular formula is C27H36N6O4S. The number of anilines is 2. The van der Waals surface area contributed by atoms with E-state index < -0.39 is 10.0 Å². The molecule has 2 N–H and O–H groups in total. The van der Waals surface area contributed by atoms with Gasteiger partial charge in [-0.3, -0.25) is 0 Å². The molecule has 3 aliphatic rings. The minimum atomic E-state index is -3.57. The van der Waals surface area contributed by atoms with Crippen molar-refractivity contribution in [3.05, 3.63) is 42.1 Å². The second-order valence-corrected chi connectivity index (χ2v) is 12.4.